The maximum absolute atomic E-state index is 4.40. The largest absolute Gasteiger partial charge is 0.354 e. The third-order valence-electron chi connectivity index (χ3n) is 2.88. The van der Waals surface area contributed by atoms with Crippen LogP contribution >= 0.6 is 0 Å². The number of nitrogens with one attached hydrogen (secondary N) is 2. The third kappa shape index (κ3) is 4.37. The van der Waals surface area contributed by atoms with Crippen molar-refractivity contribution >= 4 is 11.9 Å². The fraction of sp³-hybridized carbons (Fsp3) is 0.615. The number of nitrogens with zero attached hydrogens (tertiary/aromatic N) is 6. The molecule has 0 aromatic carbocycles. The van der Waals surface area contributed by atoms with Crippen molar-refractivity contribution in [2.75, 3.05) is 17.2 Å². The van der Waals surface area contributed by atoms with Gasteiger partial charge in [-0.05, 0) is 19.8 Å². The van der Waals surface area contributed by atoms with Crippen molar-refractivity contribution in [3.05, 3.63) is 12.7 Å². The zero-order valence-corrected chi connectivity index (χ0v) is 12.7. The van der Waals surface area contributed by atoms with Gasteiger partial charge in [0.15, 0.2) is 0 Å². The molecule has 8 heteroatoms. The molecule has 0 bridgehead atoms. The maximum Gasteiger partial charge on any atom is 0.258 e. The van der Waals surface area contributed by atoms with Gasteiger partial charge < -0.3 is 10.6 Å². The molecule has 1 unspecified atom stereocenters. The number of anilines is 2. The summed E-state index contributed by atoms with van der Waals surface area (Å²) in [5.41, 5.74) is 0. The summed E-state index contributed by atoms with van der Waals surface area (Å²) in [7, 11) is 0. The monoisotopic (exact) mass is 290 g/mol. The zero-order chi connectivity index (χ0) is 15.1. The van der Waals surface area contributed by atoms with Gasteiger partial charge in [-0.3, -0.25) is 0 Å². The predicted octanol–water partition coefficient (Wildman–Crippen LogP) is 1.87. The van der Waals surface area contributed by atoms with Crippen molar-refractivity contribution in [3.63, 3.8) is 0 Å². The van der Waals surface area contributed by atoms with Gasteiger partial charge in [0.05, 0.1) is 0 Å². The van der Waals surface area contributed by atoms with Crippen LogP contribution in [0.5, 0.6) is 0 Å². The van der Waals surface area contributed by atoms with E-state index in [4.69, 9.17) is 0 Å². The average Bonchev–Trinajstić information content (AvgIpc) is 2.99. The van der Waals surface area contributed by atoms with Crippen LogP contribution < -0.4 is 10.6 Å². The molecular formula is C13H22N8. The molecule has 0 saturated carbocycles. The molecule has 0 aliphatic carbocycles. The van der Waals surface area contributed by atoms with Crippen LogP contribution in [0.1, 0.15) is 40.0 Å². The summed E-state index contributed by atoms with van der Waals surface area (Å²) in [6, 6.07) is 0.306. The van der Waals surface area contributed by atoms with Crippen molar-refractivity contribution < 1.29 is 0 Å². The second-order valence-corrected chi connectivity index (χ2v) is 4.88. The van der Waals surface area contributed by atoms with Gasteiger partial charge in [0, 0.05) is 12.6 Å². The van der Waals surface area contributed by atoms with Gasteiger partial charge in [-0.25, -0.2) is 4.98 Å². The Kier molecular flexibility index (Phi) is 5.42. The van der Waals surface area contributed by atoms with Gasteiger partial charge in [0.2, 0.25) is 11.9 Å². The van der Waals surface area contributed by atoms with Gasteiger partial charge in [0.25, 0.3) is 5.95 Å². The second-order valence-electron chi connectivity index (χ2n) is 4.88. The van der Waals surface area contributed by atoms with Crippen molar-refractivity contribution in [1.82, 2.24) is 29.7 Å². The van der Waals surface area contributed by atoms with Crippen molar-refractivity contribution in [1.29, 1.82) is 0 Å². The van der Waals surface area contributed by atoms with Crippen LogP contribution in [0, 0.1) is 0 Å². The Morgan fingerprint density at radius 1 is 1.14 bits per heavy atom. The predicted molar refractivity (Wildman–Crippen MR) is 81.5 cm³/mol. The minimum Gasteiger partial charge on any atom is -0.354 e. The molecule has 0 aliphatic rings. The molecule has 114 valence electrons. The summed E-state index contributed by atoms with van der Waals surface area (Å²) >= 11 is 0. The number of hydrogen-bond donors (Lipinski definition) is 2. The Morgan fingerprint density at radius 2 is 1.95 bits per heavy atom. The van der Waals surface area contributed by atoms with Gasteiger partial charge in [-0.2, -0.15) is 24.7 Å². The fourth-order valence-electron chi connectivity index (χ4n) is 1.88. The van der Waals surface area contributed by atoms with Crippen LogP contribution in [0.15, 0.2) is 12.7 Å². The van der Waals surface area contributed by atoms with E-state index >= 15 is 0 Å². The second kappa shape index (κ2) is 7.51. The average molecular weight is 290 g/mol. The summed E-state index contributed by atoms with van der Waals surface area (Å²) in [6.45, 7) is 7.17. The van der Waals surface area contributed by atoms with E-state index in [0.29, 0.717) is 23.9 Å². The van der Waals surface area contributed by atoms with E-state index in [0.717, 1.165) is 25.8 Å². The first-order valence-electron chi connectivity index (χ1n) is 7.34. The molecule has 2 rings (SSSR count). The number of rotatable bonds is 8. The van der Waals surface area contributed by atoms with Gasteiger partial charge >= 0.3 is 0 Å². The molecule has 1 atom stereocenters. The van der Waals surface area contributed by atoms with Crippen molar-refractivity contribution in [2.24, 2.45) is 0 Å². The molecule has 2 aromatic heterocycles. The molecule has 0 amide bonds. The highest BCUT2D eigenvalue weighted by atomic mass is 15.4. The Hall–Kier alpha value is -2.25. The number of hydrogen-bond acceptors (Lipinski definition) is 7. The van der Waals surface area contributed by atoms with Crippen LogP contribution in [-0.4, -0.2) is 42.3 Å². The highest BCUT2D eigenvalue weighted by molar-refractivity contribution is 5.38. The fourth-order valence-corrected chi connectivity index (χ4v) is 1.88. The molecule has 21 heavy (non-hydrogen) atoms. The lowest BCUT2D eigenvalue weighted by Crippen LogP contribution is -2.19. The smallest absolute Gasteiger partial charge is 0.258 e. The lowest BCUT2D eigenvalue weighted by molar-refractivity contribution is 0.680. The molecule has 0 aliphatic heterocycles. The molecule has 0 saturated heterocycles. The van der Waals surface area contributed by atoms with Crippen LogP contribution in [0.2, 0.25) is 0 Å². The first-order valence-corrected chi connectivity index (χ1v) is 7.34. The summed E-state index contributed by atoms with van der Waals surface area (Å²) in [5.74, 6) is 1.55. The first kappa shape index (κ1) is 15.1. The topological polar surface area (TPSA) is 93.4 Å². The summed E-state index contributed by atoms with van der Waals surface area (Å²) < 4.78 is 1.52. The van der Waals surface area contributed by atoms with E-state index in [-0.39, 0.29) is 0 Å². The van der Waals surface area contributed by atoms with E-state index in [1.165, 1.54) is 11.0 Å². The highest BCUT2D eigenvalue weighted by Crippen LogP contribution is 2.11. The van der Waals surface area contributed by atoms with E-state index in [2.05, 4.69) is 56.4 Å². The minimum absolute atomic E-state index is 0.306. The summed E-state index contributed by atoms with van der Waals surface area (Å²) in [4.78, 5) is 17.1. The van der Waals surface area contributed by atoms with E-state index in [1.807, 2.05) is 0 Å². The van der Waals surface area contributed by atoms with E-state index < -0.39 is 0 Å². The molecule has 0 radical (unpaired) electrons. The van der Waals surface area contributed by atoms with Crippen molar-refractivity contribution in [2.45, 2.75) is 46.1 Å². The Balaban J connectivity index is 2.24. The Labute approximate surface area is 124 Å². The molecule has 8 nitrogen and oxygen atoms in total. The van der Waals surface area contributed by atoms with Gasteiger partial charge in [-0.15, -0.1) is 0 Å². The van der Waals surface area contributed by atoms with Crippen LogP contribution in [0.3, 0.4) is 0 Å². The summed E-state index contributed by atoms with van der Waals surface area (Å²) in [5, 5.41) is 10.5. The molecule has 2 N–H and O–H groups in total. The standard InChI is InChI=1S/C13H22N8/c1-4-6-10(3)17-12-18-11(15-7-5-2)19-13(20-12)21-9-14-8-16-21/h8-10H,4-7H2,1-3H3,(H2,15,17,18,19,20). The summed E-state index contributed by atoms with van der Waals surface area (Å²) in [6.07, 6.45) is 6.19. The first-order chi connectivity index (χ1) is 10.2. The third-order valence-corrected chi connectivity index (χ3v) is 2.88. The van der Waals surface area contributed by atoms with Crippen molar-refractivity contribution in [3.8, 4) is 5.95 Å². The molecule has 0 fully saturated rings. The van der Waals surface area contributed by atoms with Gasteiger partial charge in [0.1, 0.15) is 12.7 Å². The van der Waals surface area contributed by atoms with Crippen LogP contribution in [0.4, 0.5) is 11.9 Å². The Bertz CT molecular complexity index is 539. The Morgan fingerprint density at radius 3 is 2.62 bits per heavy atom. The van der Waals surface area contributed by atoms with Crippen LogP contribution in [0.25, 0.3) is 5.95 Å². The molecule has 2 aromatic rings. The zero-order valence-electron chi connectivity index (χ0n) is 12.7. The molecular weight excluding hydrogens is 268 g/mol. The normalized spacial score (nSPS) is 12.1. The van der Waals surface area contributed by atoms with E-state index in [1.54, 1.807) is 6.33 Å². The van der Waals surface area contributed by atoms with Crippen LogP contribution in [-0.2, 0) is 0 Å². The highest BCUT2D eigenvalue weighted by Gasteiger charge is 2.10. The SMILES string of the molecule is CCCNc1nc(NC(C)CCC)nc(-n2cncn2)n1. The lowest BCUT2D eigenvalue weighted by atomic mass is 10.2. The number of aromatic nitrogens is 6. The van der Waals surface area contributed by atoms with Gasteiger partial charge in [-0.1, -0.05) is 20.3 Å². The lowest BCUT2D eigenvalue weighted by Gasteiger charge is -2.14. The minimum atomic E-state index is 0.306. The van der Waals surface area contributed by atoms with E-state index in [9.17, 15) is 0 Å². The molecule has 2 heterocycles. The molecule has 0 spiro atoms. The maximum atomic E-state index is 4.40. The quantitative estimate of drug-likeness (QED) is 0.766.